The Morgan fingerprint density at radius 2 is 1.95 bits per heavy atom. The topological polar surface area (TPSA) is 198 Å². The van der Waals surface area contributed by atoms with E-state index in [-0.39, 0.29) is 50.2 Å². The highest BCUT2D eigenvalue weighted by atomic mass is 32.2. The number of nitrogens with one attached hydrogen (secondary N) is 4. The highest BCUT2D eigenvalue weighted by Gasteiger charge is 2.42. The number of nitrogens with zero attached hydrogens (tertiary/aromatic N) is 5. The van der Waals surface area contributed by atoms with E-state index < -0.39 is 16.1 Å². The zero-order valence-electron chi connectivity index (χ0n) is 23.8. The Balaban J connectivity index is 0.000000587. The van der Waals surface area contributed by atoms with Crippen molar-refractivity contribution in [2.75, 3.05) is 44.3 Å². The van der Waals surface area contributed by atoms with E-state index in [1.165, 1.54) is 32.3 Å². The van der Waals surface area contributed by atoms with Crippen molar-refractivity contribution in [2.45, 2.75) is 70.5 Å². The molecule has 2 aromatic heterocycles. The lowest BCUT2D eigenvalue weighted by molar-refractivity contribution is -0.119. The fraction of sp³-hybridized carbons (Fsp3) is 0.708. The van der Waals surface area contributed by atoms with E-state index >= 15 is 0 Å². The van der Waals surface area contributed by atoms with Gasteiger partial charge in [-0.15, -0.1) is 0 Å². The third kappa shape index (κ3) is 9.95. The van der Waals surface area contributed by atoms with Gasteiger partial charge in [0.15, 0.2) is 11.5 Å². The van der Waals surface area contributed by atoms with Gasteiger partial charge in [0.2, 0.25) is 5.91 Å². The van der Waals surface area contributed by atoms with Gasteiger partial charge in [0.05, 0.1) is 25.0 Å². The molecule has 2 saturated heterocycles. The first-order chi connectivity index (χ1) is 19.7. The summed E-state index contributed by atoms with van der Waals surface area (Å²) in [5.41, 5.74) is 6.70. The summed E-state index contributed by atoms with van der Waals surface area (Å²) in [7, 11) is -3.97. The molecule has 0 aromatic carbocycles. The molecule has 6 N–H and O–H groups in total. The van der Waals surface area contributed by atoms with Crippen LogP contribution in [0.5, 0.6) is 0 Å². The minimum atomic E-state index is -3.97. The van der Waals surface area contributed by atoms with Crippen LogP contribution < -0.4 is 25.8 Å². The van der Waals surface area contributed by atoms with E-state index in [0.717, 1.165) is 18.6 Å². The third-order valence-electron chi connectivity index (χ3n) is 6.87. The fourth-order valence-electron chi connectivity index (χ4n) is 4.59. The highest BCUT2D eigenvalue weighted by Crippen LogP contribution is 2.33. The van der Waals surface area contributed by atoms with E-state index in [2.05, 4.69) is 56.0 Å². The molecule has 4 heterocycles. The number of unbranched alkanes of at least 4 members (excludes halogenated alkanes) is 1. The van der Waals surface area contributed by atoms with Gasteiger partial charge >= 0.3 is 16.2 Å². The summed E-state index contributed by atoms with van der Waals surface area (Å²) in [6.45, 7) is 10.3. The van der Waals surface area contributed by atoms with Crippen molar-refractivity contribution < 1.29 is 22.7 Å². The second-order valence-corrected chi connectivity index (χ2v) is 12.4. The number of carbonyl (C=O) groups is 2. The van der Waals surface area contributed by atoms with Gasteiger partial charge in [-0.2, -0.15) is 24.9 Å². The average molecular weight is 615 g/mol. The van der Waals surface area contributed by atoms with E-state index in [4.69, 9.17) is 10.5 Å². The fourth-order valence-corrected chi connectivity index (χ4v) is 6.96. The highest BCUT2D eigenvalue weighted by molar-refractivity contribution is 8.00. The summed E-state index contributed by atoms with van der Waals surface area (Å²) in [5.74, 6) is 0.575. The zero-order valence-corrected chi connectivity index (χ0v) is 25.5. The molecule has 0 spiro atoms. The summed E-state index contributed by atoms with van der Waals surface area (Å²) in [6, 6.07) is 0.160. The molecule has 0 bridgehead atoms. The molecule has 15 nitrogen and oxygen atoms in total. The molecule has 0 unspecified atom stereocenters. The number of imidazole rings is 1. The molecule has 4 rings (SSSR count). The summed E-state index contributed by atoms with van der Waals surface area (Å²) in [6.07, 6.45) is 5.12. The molecule has 2 aromatic rings. The van der Waals surface area contributed by atoms with Crippen LogP contribution in [0, 0.1) is 0 Å². The Kier molecular flexibility index (Phi) is 12.8. The normalized spacial score (nSPS) is 19.9. The molecule has 17 heteroatoms. The number of carbonyl (C=O) groups excluding carboxylic acids is 2. The number of fused-ring (bicyclic) bond motifs is 2. The standard InChI is InChI=1S/C18H27N9O5S2.C6H15N/c19-16-15-17(21-8-20-16)27(9-22-15)10-32-6-5-23-34(30,31)26-13(28)4-2-1-3-12-14-11(7-33-12)24-18(29)25-14;1-4-7(5-2)6-3/h8-9,11-12,14,23H,1-7,10H2,(H,26,28)(H2,19,20,21)(H2,24,25,29);4-6H2,1-3H3/t11-,12-,14-;/m0./s1. The van der Waals surface area contributed by atoms with E-state index in [0.29, 0.717) is 22.8 Å². The number of amides is 3. The average Bonchev–Trinajstić information content (AvgIpc) is 3.63. The number of anilines is 1. The van der Waals surface area contributed by atoms with Gasteiger partial charge in [-0.1, -0.05) is 27.2 Å². The molecule has 3 atom stereocenters. The molecule has 0 saturated carbocycles. The molecule has 3 amide bonds. The van der Waals surface area contributed by atoms with Crippen LogP contribution in [-0.4, -0.2) is 101 Å². The summed E-state index contributed by atoms with van der Waals surface area (Å²) >= 11 is 1.81. The van der Waals surface area contributed by atoms with E-state index in [1.54, 1.807) is 16.3 Å². The summed E-state index contributed by atoms with van der Waals surface area (Å²) in [5, 5.41) is 6.13. The lowest BCUT2D eigenvalue weighted by Crippen LogP contribution is -2.41. The predicted octanol–water partition coefficient (Wildman–Crippen LogP) is 0.407. The minimum absolute atomic E-state index is 0.0203. The van der Waals surface area contributed by atoms with Crippen molar-refractivity contribution in [3.05, 3.63) is 12.7 Å². The summed E-state index contributed by atoms with van der Waals surface area (Å²) < 4.78 is 35.4. The van der Waals surface area contributed by atoms with Crippen molar-refractivity contribution in [1.82, 2.24) is 44.5 Å². The Morgan fingerprint density at radius 1 is 1.20 bits per heavy atom. The second-order valence-electron chi connectivity index (χ2n) is 9.59. The molecule has 2 aliphatic heterocycles. The number of urea groups is 1. The Labute approximate surface area is 245 Å². The quantitative estimate of drug-likeness (QED) is 0.137. The van der Waals surface area contributed by atoms with Crippen LogP contribution in [0.15, 0.2) is 12.7 Å². The molecular weight excluding hydrogens is 572 g/mol. The lowest BCUT2D eigenvalue weighted by Gasteiger charge is -2.16. The third-order valence-corrected chi connectivity index (χ3v) is 9.46. The van der Waals surface area contributed by atoms with E-state index in [1.807, 2.05) is 4.72 Å². The van der Waals surface area contributed by atoms with Crippen LogP contribution in [0.4, 0.5) is 10.6 Å². The molecule has 0 radical (unpaired) electrons. The second kappa shape index (κ2) is 16.1. The number of hydrogen-bond donors (Lipinski definition) is 5. The monoisotopic (exact) mass is 614 g/mol. The van der Waals surface area contributed by atoms with Crippen LogP contribution in [-0.2, 0) is 26.5 Å². The predicted molar refractivity (Wildman–Crippen MR) is 158 cm³/mol. The zero-order chi connectivity index (χ0) is 29.8. The van der Waals surface area contributed by atoms with Gasteiger partial charge in [-0.05, 0) is 32.5 Å². The number of rotatable bonds is 15. The van der Waals surface area contributed by atoms with Gasteiger partial charge in [0.25, 0.3) is 0 Å². The van der Waals surface area contributed by atoms with Gasteiger partial charge in [0.1, 0.15) is 18.6 Å². The maximum absolute atomic E-state index is 12.0. The molecular formula is C24H42N10O5S2. The lowest BCUT2D eigenvalue weighted by atomic mass is 10.0. The first-order valence-corrected chi connectivity index (χ1v) is 16.4. The maximum atomic E-state index is 12.0. The van der Waals surface area contributed by atoms with Crippen LogP contribution in [0.1, 0.15) is 46.5 Å². The first-order valence-electron chi connectivity index (χ1n) is 13.9. The number of thioether (sulfide) groups is 1. The summed E-state index contributed by atoms with van der Waals surface area (Å²) in [4.78, 5) is 37.9. The molecule has 2 aliphatic rings. The molecule has 2 fully saturated rings. The Bertz CT molecular complexity index is 1240. The Morgan fingerprint density at radius 3 is 2.66 bits per heavy atom. The number of nitrogens with two attached hydrogens (primary N) is 1. The SMILES string of the molecule is CCN(CC)CC.Nc1ncnc2c1ncn2COCCNS(=O)(=O)NC(=O)CCCC[C@@H]1SC[C@@H]2NC(=O)N[C@@H]21. The van der Waals surface area contributed by atoms with Crippen molar-refractivity contribution in [2.24, 2.45) is 0 Å². The van der Waals surface area contributed by atoms with Crippen LogP contribution in [0.25, 0.3) is 11.2 Å². The van der Waals surface area contributed by atoms with Gasteiger partial charge in [-0.25, -0.2) is 24.5 Å². The van der Waals surface area contributed by atoms with Crippen LogP contribution in [0.3, 0.4) is 0 Å². The maximum Gasteiger partial charge on any atom is 0.315 e. The smallest absolute Gasteiger partial charge is 0.315 e. The van der Waals surface area contributed by atoms with Gasteiger partial charge < -0.3 is 26.0 Å². The van der Waals surface area contributed by atoms with Crippen LogP contribution in [0.2, 0.25) is 0 Å². The first kappa shape index (κ1) is 32.8. The largest absolute Gasteiger partial charge is 0.382 e. The Hall–Kier alpha value is -2.73. The minimum Gasteiger partial charge on any atom is -0.382 e. The van der Waals surface area contributed by atoms with Gasteiger partial charge in [0, 0.05) is 24.0 Å². The number of ether oxygens (including phenoxy) is 1. The van der Waals surface area contributed by atoms with Gasteiger partial charge in [-0.3, -0.25) is 9.36 Å². The molecule has 41 heavy (non-hydrogen) atoms. The van der Waals surface area contributed by atoms with Crippen LogP contribution >= 0.6 is 11.8 Å². The molecule has 0 aliphatic carbocycles. The van der Waals surface area contributed by atoms with E-state index in [9.17, 15) is 18.0 Å². The van der Waals surface area contributed by atoms with Crippen molar-refractivity contribution in [3.63, 3.8) is 0 Å². The van der Waals surface area contributed by atoms with Crippen molar-refractivity contribution in [1.29, 1.82) is 0 Å². The number of hydrogen-bond acceptors (Lipinski definition) is 11. The van der Waals surface area contributed by atoms with Crippen molar-refractivity contribution in [3.8, 4) is 0 Å². The molecule has 230 valence electrons. The van der Waals surface area contributed by atoms with Crippen molar-refractivity contribution >= 4 is 50.9 Å². The number of aromatic nitrogens is 4. The number of nitrogen functional groups attached to an aromatic ring is 1.